The van der Waals surface area contributed by atoms with Crippen molar-refractivity contribution in [1.82, 2.24) is 0 Å². The Kier molecular flexibility index (Phi) is 4.49. The van der Waals surface area contributed by atoms with Gasteiger partial charge < -0.3 is 5.73 Å². The number of rotatable bonds is 2. The van der Waals surface area contributed by atoms with Gasteiger partial charge in [-0.25, -0.2) is 0 Å². The Morgan fingerprint density at radius 3 is 1.80 bits per heavy atom. The monoisotopic (exact) mass is 209 g/mol. The van der Waals surface area contributed by atoms with Crippen LogP contribution in [0.15, 0.2) is 0 Å². The summed E-state index contributed by atoms with van der Waals surface area (Å²) in [5.74, 6) is 2.08. The summed E-state index contributed by atoms with van der Waals surface area (Å²) >= 11 is 0. The predicted molar refractivity (Wildman–Crippen MR) is 65.7 cm³/mol. The first-order valence-corrected chi connectivity index (χ1v) is 7.10. The van der Waals surface area contributed by atoms with Gasteiger partial charge in [0.05, 0.1) is 0 Å². The highest BCUT2D eigenvalue weighted by atomic mass is 14.6. The quantitative estimate of drug-likeness (QED) is 0.687. The first-order chi connectivity index (χ1) is 7.34. The second kappa shape index (κ2) is 5.89. The molecule has 2 saturated carbocycles. The maximum Gasteiger partial charge on any atom is 0.00390 e. The van der Waals surface area contributed by atoms with E-state index in [-0.39, 0.29) is 0 Å². The summed E-state index contributed by atoms with van der Waals surface area (Å²) in [5, 5.41) is 0. The van der Waals surface area contributed by atoms with Crippen molar-refractivity contribution in [3.63, 3.8) is 0 Å². The van der Waals surface area contributed by atoms with Gasteiger partial charge in [-0.1, -0.05) is 38.5 Å². The molecule has 2 N–H and O–H groups in total. The molecule has 2 aliphatic rings. The van der Waals surface area contributed by atoms with Gasteiger partial charge in [-0.05, 0) is 43.9 Å². The van der Waals surface area contributed by atoms with Crippen LogP contribution in [0.25, 0.3) is 0 Å². The summed E-state index contributed by atoms with van der Waals surface area (Å²) in [6, 6.07) is 0.524. The van der Waals surface area contributed by atoms with Crippen molar-refractivity contribution in [2.75, 3.05) is 0 Å². The normalized spacial score (nSPS) is 35.0. The van der Waals surface area contributed by atoms with Crippen molar-refractivity contribution >= 4 is 0 Å². The second-order valence-electron chi connectivity index (χ2n) is 5.87. The molecule has 0 spiro atoms. The largest absolute Gasteiger partial charge is 0.328 e. The zero-order chi connectivity index (χ0) is 10.5. The van der Waals surface area contributed by atoms with E-state index in [0.29, 0.717) is 6.04 Å². The minimum absolute atomic E-state index is 0.524. The van der Waals surface area contributed by atoms with Gasteiger partial charge in [-0.3, -0.25) is 0 Å². The summed E-state index contributed by atoms with van der Waals surface area (Å²) in [7, 11) is 0. The molecule has 1 nitrogen and oxygen atoms in total. The van der Waals surface area contributed by atoms with Crippen LogP contribution < -0.4 is 5.73 Å². The molecular weight excluding hydrogens is 182 g/mol. The molecule has 15 heavy (non-hydrogen) atoms. The molecular formula is C14H27N. The fraction of sp³-hybridized carbons (Fsp3) is 1.00. The van der Waals surface area contributed by atoms with Crippen LogP contribution in [0.4, 0.5) is 0 Å². The Morgan fingerprint density at radius 1 is 0.667 bits per heavy atom. The fourth-order valence-electron chi connectivity index (χ4n) is 3.49. The smallest absolute Gasteiger partial charge is 0.00390 e. The van der Waals surface area contributed by atoms with E-state index in [1.807, 2.05) is 0 Å². The number of hydrogen-bond donors (Lipinski definition) is 1. The predicted octanol–water partition coefficient (Wildman–Crippen LogP) is 3.86. The Hall–Kier alpha value is -0.0400. The van der Waals surface area contributed by atoms with Gasteiger partial charge in [0.25, 0.3) is 0 Å². The molecule has 0 aromatic carbocycles. The highest BCUT2D eigenvalue weighted by Gasteiger charge is 2.22. The van der Waals surface area contributed by atoms with E-state index >= 15 is 0 Å². The molecule has 0 unspecified atom stereocenters. The first kappa shape index (κ1) is 11.4. The van der Waals surface area contributed by atoms with Crippen molar-refractivity contribution in [3.8, 4) is 0 Å². The Labute approximate surface area is 94.8 Å². The summed E-state index contributed by atoms with van der Waals surface area (Å²) in [6.07, 6.45) is 15.9. The van der Waals surface area contributed by atoms with E-state index in [1.54, 1.807) is 0 Å². The molecule has 0 heterocycles. The van der Waals surface area contributed by atoms with Crippen molar-refractivity contribution in [2.24, 2.45) is 17.6 Å². The third-order valence-electron chi connectivity index (χ3n) is 4.53. The van der Waals surface area contributed by atoms with Crippen LogP contribution in [-0.4, -0.2) is 6.04 Å². The second-order valence-corrected chi connectivity index (χ2v) is 5.87. The van der Waals surface area contributed by atoms with E-state index in [4.69, 9.17) is 5.73 Å². The molecule has 88 valence electrons. The molecule has 2 rings (SSSR count). The fourth-order valence-corrected chi connectivity index (χ4v) is 3.49. The number of nitrogens with two attached hydrogens (primary N) is 1. The standard InChI is InChI=1S/C14H27N/c15-14-9-7-13(8-10-14)11-12-5-3-1-2-4-6-12/h12-14H,1-11,15H2. The lowest BCUT2D eigenvalue weighted by Crippen LogP contribution is -2.27. The molecule has 0 atom stereocenters. The molecule has 0 amide bonds. The maximum absolute atomic E-state index is 5.96. The Morgan fingerprint density at radius 2 is 1.20 bits per heavy atom. The van der Waals surface area contributed by atoms with E-state index in [2.05, 4.69) is 0 Å². The van der Waals surface area contributed by atoms with Gasteiger partial charge in [0.2, 0.25) is 0 Å². The van der Waals surface area contributed by atoms with Crippen LogP contribution in [0, 0.1) is 11.8 Å². The van der Waals surface area contributed by atoms with Crippen molar-refractivity contribution in [2.45, 2.75) is 76.7 Å². The summed E-state index contributed by atoms with van der Waals surface area (Å²) < 4.78 is 0. The lowest BCUT2D eigenvalue weighted by atomic mass is 9.79. The topological polar surface area (TPSA) is 26.0 Å². The van der Waals surface area contributed by atoms with Crippen molar-refractivity contribution in [3.05, 3.63) is 0 Å². The lowest BCUT2D eigenvalue weighted by Gasteiger charge is -2.29. The van der Waals surface area contributed by atoms with E-state index < -0.39 is 0 Å². The van der Waals surface area contributed by atoms with Gasteiger partial charge >= 0.3 is 0 Å². The van der Waals surface area contributed by atoms with E-state index in [0.717, 1.165) is 11.8 Å². The average molecular weight is 209 g/mol. The minimum atomic E-state index is 0.524. The molecule has 2 aliphatic carbocycles. The molecule has 0 aromatic heterocycles. The lowest BCUT2D eigenvalue weighted by molar-refractivity contribution is 0.257. The highest BCUT2D eigenvalue weighted by molar-refractivity contribution is 4.77. The first-order valence-electron chi connectivity index (χ1n) is 7.10. The SMILES string of the molecule is NC1CCC(CC2CCCCCC2)CC1. The molecule has 0 bridgehead atoms. The van der Waals surface area contributed by atoms with Gasteiger partial charge in [0, 0.05) is 6.04 Å². The Bertz CT molecular complexity index is 162. The van der Waals surface area contributed by atoms with Crippen molar-refractivity contribution < 1.29 is 0 Å². The minimum Gasteiger partial charge on any atom is -0.328 e. The Balaban J connectivity index is 1.70. The zero-order valence-corrected chi connectivity index (χ0v) is 10.1. The molecule has 2 fully saturated rings. The van der Waals surface area contributed by atoms with Gasteiger partial charge in [0.1, 0.15) is 0 Å². The van der Waals surface area contributed by atoms with E-state index in [9.17, 15) is 0 Å². The highest BCUT2D eigenvalue weighted by Crippen LogP contribution is 2.34. The van der Waals surface area contributed by atoms with Crippen LogP contribution in [0.2, 0.25) is 0 Å². The van der Waals surface area contributed by atoms with Crippen LogP contribution in [-0.2, 0) is 0 Å². The molecule has 0 saturated heterocycles. The van der Waals surface area contributed by atoms with Crippen LogP contribution in [0.1, 0.15) is 70.6 Å². The summed E-state index contributed by atoms with van der Waals surface area (Å²) in [5.41, 5.74) is 5.96. The molecule has 1 heteroatoms. The van der Waals surface area contributed by atoms with Gasteiger partial charge in [0.15, 0.2) is 0 Å². The van der Waals surface area contributed by atoms with E-state index in [1.165, 1.54) is 70.6 Å². The third-order valence-corrected chi connectivity index (χ3v) is 4.53. The summed E-state index contributed by atoms with van der Waals surface area (Å²) in [4.78, 5) is 0. The van der Waals surface area contributed by atoms with Crippen LogP contribution in [0.3, 0.4) is 0 Å². The van der Waals surface area contributed by atoms with Crippen LogP contribution in [0.5, 0.6) is 0 Å². The maximum atomic E-state index is 5.96. The van der Waals surface area contributed by atoms with Gasteiger partial charge in [-0.15, -0.1) is 0 Å². The van der Waals surface area contributed by atoms with Gasteiger partial charge in [-0.2, -0.15) is 0 Å². The molecule has 0 radical (unpaired) electrons. The van der Waals surface area contributed by atoms with Crippen LogP contribution >= 0.6 is 0 Å². The molecule has 0 aromatic rings. The summed E-state index contributed by atoms with van der Waals surface area (Å²) in [6.45, 7) is 0. The number of hydrogen-bond acceptors (Lipinski definition) is 1. The zero-order valence-electron chi connectivity index (χ0n) is 10.1. The molecule has 0 aliphatic heterocycles. The van der Waals surface area contributed by atoms with Crippen molar-refractivity contribution in [1.29, 1.82) is 0 Å². The average Bonchev–Trinajstić information content (AvgIpc) is 2.50. The third kappa shape index (κ3) is 3.79.